The van der Waals surface area contributed by atoms with Crippen LogP contribution in [-0.2, 0) is 0 Å². The molecule has 0 aromatic carbocycles. The predicted octanol–water partition coefficient (Wildman–Crippen LogP) is 0.112. The Kier molecular flexibility index (Phi) is 1.30. The smallest absolute Gasteiger partial charge is 0.0815 e. The highest BCUT2D eigenvalue weighted by molar-refractivity contribution is 7.11. The number of rotatable bonds is 1. The van der Waals surface area contributed by atoms with Gasteiger partial charge in [0.25, 0.3) is 0 Å². The molecule has 0 fully saturated rings. The molecule has 0 amide bonds. The lowest BCUT2D eigenvalue weighted by Gasteiger charge is -1.91. The van der Waals surface area contributed by atoms with E-state index in [0.29, 0.717) is 0 Å². The average molecular weight is 127 g/mol. The molecule has 0 aliphatic rings. The van der Waals surface area contributed by atoms with Gasteiger partial charge in [0.05, 0.1) is 5.97 Å². The summed E-state index contributed by atoms with van der Waals surface area (Å²) in [6.07, 6.45) is 0. The zero-order chi connectivity index (χ0) is 5.98. The molecule has 42 valence electrons. The summed E-state index contributed by atoms with van der Waals surface area (Å²) in [4.78, 5) is 10.2. The van der Waals surface area contributed by atoms with Crippen molar-refractivity contribution in [1.82, 2.24) is 0 Å². The van der Waals surface area contributed by atoms with Gasteiger partial charge in [0.1, 0.15) is 0 Å². The topological polar surface area (TPSA) is 40.1 Å². The fraction of sp³-hybridized carbons (Fsp3) is 0. The molecule has 0 atom stereocenters. The van der Waals surface area contributed by atoms with Crippen LogP contribution in [0.1, 0.15) is 9.67 Å². The molecular formula is C5H3O2S-. The predicted molar refractivity (Wildman–Crippen MR) is 28.6 cm³/mol. The van der Waals surface area contributed by atoms with Crippen molar-refractivity contribution < 1.29 is 9.90 Å². The molecule has 1 heterocycles. The van der Waals surface area contributed by atoms with Crippen molar-refractivity contribution in [3.8, 4) is 0 Å². The minimum atomic E-state index is -1.10. The first-order valence-electron chi connectivity index (χ1n) is 2.05. The summed E-state index contributed by atoms with van der Waals surface area (Å²) in [5.74, 6) is -1.10. The molecule has 1 aromatic rings. The van der Waals surface area contributed by atoms with Crippen molar-refractivity contribution in [1.29, 1.82) is 0 Å². The Morgan fingerprint density at radius 1 is 1.75 bits per heavy atom. The number of carbonyl (C=O) groups is 1. The van der Waals surface area contributed by atoms with E-state index in [1.165, 1.54) is 17.4 Å². The van der Waals surface area contributed by atoms with E-state index < -0.39 is 5.97 Å². The Morgan fingerprint density at radius 2 is 2.50 bits per heavy atom. The lowest BCUT2D eigenvalue weighted by Crippen LogP contribution is -2.20. The van der Waals surface area contributed by atoms with Crippen molar-refractivity contribution in [2.24, 2.45) is 0 Å². The zero-order valence-corrected chi connectivity index (χ0v) is 4.77. The van der Waals surface area contributed by atoms with Gasteiger partial charge in [0.15, 0.2) is 0 Å². The third-order valence-corrected chi connectivity index (χ3v) is 1.57. The van der Waals surface area contributed by atoms with E-state index in [0.717, 1.165) is 0 Å². The maximum atomic E-state index is 9.96. The van der Waals surface area contributed by atoms with Gasteiger partial charge in [0, 0.05) is 4.88 Å². The zero-order valence-electron chi connectivity index (χ0n) is 3.96. The molecule has 8 heavy (non-hydrogen) atoms. The van der Waals surface area contributed by atoms with Crippen LogP contribution < -0.4 is 5.11 Å². The van der Waals surface area contributed by atoms with Crippen LogP contribution in [0.3, 0.4) is 0 Å². The average Bonchev–Trinajstić information content (AvgIpc) is 2.12. The molecule has 0 aliphatic carbocycles. The standard InChI is InChI=1S/C5H4O2S/c6-5(7)4-2-1-3-8-4/h1-3H,(H,6,7)/p-1. The highest BCUT2D eigenvalue weighted by atomic mass is 32.1. The van der Waals surface area contributed by atoms with Crippen LogP contribution in [0.4, 0.5) is 0 Å². The van der Waals surface area contributed by atoms with Crippen molar-refractivity contribution in [3.63, 3.8) is 0 Å². The first-order chi connectivity index (χ1) is 3.80. The van der Waals surface area contributed by atoms with Crippen LogP contribution in [0.25, 0.3) is 0 Å². The van der Waals surface area contributed by atoms with E-state index in [1.54, 1.807) is 11.4 Å². The minimum absolute atomic E-state index is 0.282. The first-order valence-corrected chi connectivity index (χ1v) is 2.93. The first kappa shape index (κ1) is 5.31. The highest BCUT2D eigenvalue weighted by Crippen LogP contribution is 2.05. The van der Waals surface area contributed by atoms with E-state index in [9.17, 15) is 9.90 Å². The van der Waals surface area contributed by atoms with E-state index in [2.05, 4.69) is 0 Å². The normalized spacial score (nSPS) is 9.00. The quantitative estimate of drug-likeness (QED) is 0.537. The molecule has 1 aromatic heterocycles. The summed E-state index contributed by atoms with van der Waals surface area (Å²) in [5, 5.41) is 11.7. The monoisotopic (exact) mass is 127 g/mol. The summed E-state index contributed by atoms with van der Waals surface area (Å²) in [6.45, 7) is 0. The van der Waals surface area contributed by atoms with E-state index >= 15 is 0 Å². The molecule has 0 saturated carbocycles. The molecule has 0 spiro atoms. The second-order valence-electron chi connectivity index (χ2n) is 1.26. The lowest BCUT2D eigenvalue weighted by atomic mass is 10.5. The van der Waals surface area contributed by atoms with Gasteiger partial charge >= 0.3 is 0 Å². The molecule has 0 N–H and O–H groups in total. The van der Waals surface area contributed by atoms with Gasteiger partial charge in [-0.05, 0) is 11.4 Å². The van der Waals surface area contributed by atoms with Crippen molar-refractivity contribution in [2.45, 2.75) is 0 Å². The van der Waals surface area contributed by atoms with Crippen molar-refractivity contribution in [3.05, 3.63) is 22.4 Å². The van der Waals surface area contributed by atoms with Crippen LogP contribution >= 0.6 is 11.3 Å². The molecule has 0 bridgehead atoms. The molecule has 0 unspecified atom stereocenters. The van der Waals surface area contributed by atoms with Gasteiger partial charge in [-0.25, -0.2) is 0 Å². The summed E-state index contributed by atoms with van der Waals surface area (Å²) in [6, 6.07) is 3.19. The second-order valence-corrected chi connectivity index (χ2v) is 2.21. The third-order valence-electron chi connectivity index (χ3n) is 0.722. The van der Waals surface area contributed by atoms with E-state index in [4.69, 9.17) is 0 Å². The maximum Gasteiger partial charge on any atom is 0.0815 e. The Bertz CT molecular complexity index is 178. The number of aromatic carboxylic acids is 1. The molecule has 3 heteroatoms. The van der Waals surface area contributed by atoms with Crippen LogP contribution in [0.2, 0.25) is 0 Å². The fourth-order valence-corrected chi connectivity index (χ4v) is 0.952. The maximum absolute atomic E-state index is 9.96. The Hall–Kier alpha value is -0.830. The van der Waals surface area contributed by atoms with Crippen LogP contribution in [-0.4, -0.2) is 5.97 Å². The number of hydrogen-bond donors (Lipinski definition) is 0. The van der Waals surface area contributed by atoms with E-state index in [-0.39, 0.29) is 4.88 Å². The Balaban J connectivity index is 2.93. The summed E-state index contributed by atoms with van der Waals surface area (Å²) in [7, 11) is 0. The molecule has 0 radical (unpaired) electrons. The van der Waals surface area contributed by atoms with Crippen LogP contribution in [0, 0.1) is 0 Å². The Labute approximate surface area is 50.4 Å². The molecule has 2 nitrogen and oxygen atoms in total. The molecule has 0 saturated heterocycles. The molecule has 0 aliphatic heterocycles. The Morgan fingerprint density at radius 3 is 2.75 bits per heavy atom. The van der Waals surface area contributed by atoms with Gasteiger partial charge < -0.3 is 9.90 Å². The van der Waals surface area contributed by atoms with E-state index in [1.807, 2.05) is 0 Å². The van der Waals surface area contributed by atoms with Crippen LogP contribution in [0.15, 0.2) is 17.5 Å². The van der Waals surface area contributed by atoms with Gasteiger partial charge in [-0.2, -0.15) is 0 Å². The number of hydrogen-bond acceptors (Lipinski definition) is 3. The molecular weight excluding hydrogens is 124 g/mol. The number of carboxylic acids is 1. The number of thiophene rings is 1. The SMILES string of the molecule is O=C([O-])c1cccs1. The fourth-order valence-electron chi connectivity index (χ4n) is 0.395. The minimum Gasteiger partial charge on any atom is -0.544 e. The lowest BCUT2D eigenvalue weighted by molar-refractivity contribution is -0.254. The molecule has 1 rings (SSSR count). The summed E-state index contributed by atoms with van der Waals surface area (Å²) in [5.41, 5.74) is 0. The van der Waals surface area contributed by atoms with Gasteiger partial charge in [-0.3, -0.25) is 0 Å². The summed E-state index contributed by atoms with van der Waals surface area (Å²) < 4.78 is 0. The van der Waals surface area contributed by atoms with Crippen molar-refractivity contribution >= 4 is 17.3 Å². The van der Waals surface area contributed by atoms with Gasteiger partial charge in [-0.1, -0.05) is 6.07 Å². The van der Waals surface area contributed by atoms with Gasteiger partial charge in [0.2, 0.25) is 0 Å². The highest BCUT2D eigenvalue weighted by Gasteiger charge is 1.88. The second kappa shape index (κ2) is 1.96. The summed E-state index contributed by atoms with van der Waals surface area (Å²) >= 11 is 1.17. The third kappa shape index (κ3) is 0.869. The van der Waals surface area contributed by atoms with Crippen LogP contribution in [0.5, 0.6) is 0 Å². The van der Waals surface area contributed by atoms with Crippen molar-refractivity contribution in [2.75, 3.05) is 0 Å². The van der Waals surface area contributed by atoms with Gasteiger partial charge in [-0.15, -0.1) is 11.3 Å². The number of carbonyl (C=O) groups excluding carboxylic acids is 1. The largest absolute Gasteiger partial charge is 0.544 e. The number of carboxylic acid groups (broad SMARTS) is 1.